The summed E-state index contributed by atoms with van der Waals surface area (Å²) in [6.07, 6.45) is 3.47. The second kappa shape index (κ2) is 6.63. The number of fused-ring (bicyclic) bond motifs is 4. The van der Waals surface area contributed by atoms with Crippen molar-refractivity contribution in [2.75, 3.05) is 18.5 Å². The SMILES string of the molecule is O=C1CCCc2c1cnc1nc(NCc3ccc4c(c3)OCCO4)[nH]c(=O)c21. The average Bonchev–Trinajstić information content (AvgIpc) is 2.72. The number of H-pyrrole nitrogens is 1. The highest BCUT2D eigenvalue weighted by Crippen LogP contribution is 2.31. The molecule has 1 aliphatic heterocycles. The Kier molecular flexibility index (Phi) is 3.96. The first-order valence-electron chi connectivity index (χ1n) is 9.26. The lowest BCUT2D eigenvalue weighted by molar-refractivity contribution is 0.0972. The fourth-order valence-corrected chi connectivity index (χ4v) is 3.69. The summed E-state index contributed by atoms with van der Waals surface area (Å²) in [5.41, 5.74) is 2.34. The van der Waals surface area contributed by atoms with E-state index in [4.69, 9.17) is 9.47 Å². The number of nitrogens with zero attached hydrogens (tertiary/aromatic N) is 2. The number of ether oxygens (including phenoxy) is 2. The topological polar surface area (TPSA) is 106 Å². The van der Waals surface area contributed by atoms with Gasteiger partial charge in [-0.3, -0.25) is 14.6 Å². The monoisotopic (exact) mass is 378 g/mol. The molecule has 0 saturated carbocycles. The van der Waals surface area contributed by atoms with Gasteiger partial charge in [0.25, 0.3) is 5.56 Å². The molecule has 28 heavy (non-hydrogen) atoms. The Morgan fingerprint density at radius 2 is 1.96 bits per heavy atom. The maximum atomic E-state index is 12.7. The van der Waals surface area contributed by atoms with E-state index in [0.717, 1.165) is 23.3 Å². The Morgan fingerprint density at radius 3 is 2.86 bits per heavy atom. The molecule has 0 bridgehead atoms. The molecule has 5 rings (SSSR count). The summed E-state index contributed by atoms with van der Waals surface area (Å²) in [4.78, 5) is 36.2. The van der Waals surface area contributed by atoms with Crippen molar-refractivity contribution in [2.45, 2.75) is 25.8 Å². The molecule has 3 heterocycles. The third kappa shape index (κ3) is 2.87. The third-order valence-electron chi connectivity index (χ3n) is 5.04. The van der Waals surface area contributed by atoms with E-state index in [9.17, 15) is 9.59 Å². The van der Waals surface area contributed by atoms with Gasteiger partial charge in [-0.1, -0.05) is 6.07 Å². The van der Waals surface area contributed by atoms with Crippen molar-refractivity contribution in [3.8, 4) is 11.5 Å². The zero-order valence-electron chi connectivity index (χ0n) is 15.1. The molecule has 0 spiro atoms. The summed E-state index contributed by atoms with van der Waals surface area (Å²) in [5, 5.41) is 3.53. The molecule has 0 fully saturated rings. The first-order valence-corrected chi connectivity index (χ1v) is 9.26. The van der Waals surface area contributed by atoms with Gasteiger partial charge in [0, 0.05) is 24.7 Å². The van der Waals surface area contributed by atoms with Gasteiger partial charge in [-0.25, -0.2) is 4.98 Å². The van der Waals surface area contributed by atoms with E-state index in [1.807, 2.05) is 18.2 Å². The molecule has 2 aromatic heterocycles. The predicted octanol–water partition coefficient (Wildman–Crippen LogP) is 2.22. The first-order chi connectivity index (χ1) is 13.7. The molecule has 2 aliphatic rings. The number of anilines is 1. The summed E-state index contributed by atoms with van der Waals surface area (Å²) in [5.74, 6) is 1.82. The van der Waals surface area contributed by atoms with Crippen LogP contribution in [-0.2, 0) is 13.0 Å². The summed E-state index contributed by atoms with van der Waals surface area (Å²) < 4.78 is 11.1. The van der Waals surface area contributed by atoms with Crippen LogP contribution in [0.25, 0.3) is 11.0 Å². The van der Waals surface area contributed by atoms with Gasteiger partial charge in [0.05, 0.1) is 5.39 Å². The summed E-state index contributed by atoms with van der Waals surface area (Å²) in [6.45, 7) is 1.53. The van der Waals surface area contributed by atoms with Crippen molar-refractivity contribution in [1.29, 1.82) is 0 Å². The molecular weight excluding hydrogens is 360 g/mol. The number of rotatable bonds is 3. The van der Waals surface area contributed by atoms with Gasteiger partial charge in [-0.15, -0.1) is 0 Å². The number of carbonyl (C=O) groups is 1. The number of pyridine rings is 1. The standard InChI is InChI=1S/C20H18N4O4/c25-14-3-1-2-12-13(14)10-21-18-17(12)19(26)24-20(23-18)22-9-11-4-5-15-16(8-11)28-7-6-27-15/h4-5,8,10H,1-3,6-7,9H2,(H2,21,22,23,24,26). The molecule has 0 radical (unpaired) electrons. The molecule has 0 saturated heterocycles. The molecule has 1 aromatic carbocycles. The van der Waals surface area contributed by atoms with Gasteiger partial charge in [0.2, 0.25) is 5.95 Å². The molecule has 8 heteroatoms. The van der Waals surface area contributed by atoms with Crippen LogP contribution in [0.15, 0.2) is 29.2 Å². The molecule has 1 aliphatic carbocycles. The smallest absolute Gasteiger partial charge is 0.262 e. The fourth-order valence-electron chi connectivity index (χ4n) is 3.69. The first kappa shape index (κ1) is 16.7. The van der Waals surface area contributed by atoms with Gasteiger partial charge in [-0.2, -0.15) is 4.98 Å². The number of benzene rings is 1. The molecule has 8 nitrogen and oxygen atoms in total. The van der Waals surface area contributed by atoms with Gasteiger partial charge < -0.3 is 14.8 Å². The zero-order chi connectivity index (χ0) is 19.1. The molecule has 2 N–H and O–H groups in total. The number of hydrogen-bond donors (Lipinski definition) is 2. The second-order valence-electron chi connectivity index (χ2n) is 6.87. The number of hydrogen-bond acceptors (Lipinski definition) is 7. The number of nitrogens with one attached hydrogen (secondary N) is 2. The largest absolute Gasteiger partial charge is 0.486 e. The number of ketones is 1. The minimum atomic E-state index is -0.284. The van der Waals surface area contributed by atoms with Crippen LogP contribution in [0.2, 0.25) is 0 Å². The molecule has 0 atom stereocenters. The highest BCUT2D eigenvalue weighted by Gasteiger charge is 2.22. The van der Waals surface area contributed by atoms with Gasteiger partial charge in [0.15, 0.2) is 22.9 Å². The van der Waals surface area contributed by atoms with Crippen molar-refractivity contribution in [1.82, 2.24) is 15.0 Å². The lowest BCUT2D eigenvalue weighted by Crippen LogP contribution is -2.19. The van der Waals surface area contributed by atoms with Crippen molar-refractivity contribution in [2.24, 2.45) is 0 Å². The van der Waals surface area contributed by atoms with Crippen molar-refractivity contribution >= 4 is 22.8 Å². The number of aromatic nitrogens is 3. The van der Waals surface area contributed by atoms with Crippen LogP contribution in [0.3, 0.4) is 0 Å². The number of aryl methyl sites for hydroxylation is 1. The Hall–Kier alpha value is -3.42. The quantitative estimate of drug-likeness (QED) is 0.720. The minimum absolute atomic E-state index is 0.0378. The molecule has 142 valence electrons. The van der Waals surface area contributed by atoms with Gasteiger partial charge in [-0.05, 0) is 36.1 Å². The van der Waals surface area contributed by atoms with Crippen LogP contribution in [0.5, 0.6) is 11.5 Å². The zero-order valence-corrected chi connectivity index (χ0v) is 15.1. The number of Topliss-reactive ketones (excluding diaryl/α,β-unsaturated/α-hetero) is 1. The van der Waals surface area contributed by atoms with Crippen molar-refractivity contribution in [3.05, 3.63) is 51.4 Å². The van der Waals surface area contributed by atoms with Crippen LogP contribution in [-0.4, -0.2) is 33.9 Å². The van der Waals surface area contributed by atoms with E-state index in [1.165, 1.54) is 6.20 Å². The lowest BCUT2D eigenvalue weighted by Gasteiger charge is -2.19. The van der Waals surface area contributed by atoms with E-state index in [2.05, 4.69) is 20.3 Å². The van der Waals surface area contributed by atoms with Crippen molar-refractivity contribution < 1.29 is 14.3 Å². The second-order valence-corrected chi connectivity index (χ2v) is 6.87. The van der Waals surface area contributed by atoms with Gasteiger partial charge >= 0.3 is 0 Å². The number of aromatic amines is 1. The van der Waals surface area contributed by atoms with Crippen LogP contribution >= 0.6 is 0 Å². The minimum Gasteiger partial charge on any atom is -0.486 e. The highest BCUT2D eigenvalue weighted by molar-refractivity contribution is 6.01. The van der Waals surface area contributed by atoms with Crippen molar-refractivity contribution in [3.63, 3.8) is 0 Å². The van der Waals surface area contributed by atoms with Crippen LogP contribution < -0.4 is 20.3 Å². The third-order valence-corrected chi connectivity index (χ3v) is 5.04. The van der Waals surface area contributed by atoms with E-state index in [-0.39, 0.29) is 11.3 Å². The lowest BCUT2D eigenvalue weighted by atomic mass is 9.90. The highest BCUT2D eigenvalue weighted by atomic mass is 16.6. The fraction of sp³-hybridized carbons (Fsp3) is 0.300. The number of carbonyl (C=O) groups excluding carboxylic acids is 1. The average molecular weight is 378 g/mol. The van der Waals surface area contributed by atoms with E-state index in [1.54, 1.807) is 0 Å². The Morgan fingerprint density at radius 1 is 1.11 bits per heavy atom. The summed E-state index contributed by atoms with van der Waals surface area (Å²) >= 11 is 0. The Bertz CT molecular complexity index is 1150. The van der Waals surface area contributed by atoms with E-state index < -0.39 is 0 Å². The maximum Gasteiger partial charge on any atom is 0.262 e. The van der Waals surface area contributed by atoms with Gasteiger partial charge in [0.1, 0.15) is 13.2 Å². The Balaban J connectivity index is 1.43. The molecule has 0 amide bonds. The molecule has 3 aromatic rings. The van der Waals surface area contributed by atoms with E-state index in [0.29, 0.717) is 60.9 Å². The maximum absolute atomic E-state index is 12.7. The van der Waals surface area contributed by atoms with E-state index >= 15 is 0 Å². The van der Waals surface area contributed by atoms with Crippen LogP contribution in [0.4, 0.5) is 5.95 Å². The Labute approximate surface area is 159 Å². The molecular formula is C20H18N4O4. The van der Waals surface area contributed by atoms with Crippen LogP contribution in [0.1, 0.15) is 34.3 Å². The predicted molar refractivity (Wildman–Crippen MR) is 102 cm³/mol. The van der Waals surface area contributed by atoms with Crippen LogP contribution in [0, 0.1) is 0 Å². The summed E-state index contributed by atoms with van der Waals surface area (Å²) in [7, 11) is 0. The summed E-state index contributed by atoms with van der Waals surface area (Å²) in [6, 6.07) is 5.70. The normalized spacial score (nSPS) is 15.4. The molecule has 0 unspecified atom stereocenters.